The zero-order valence-corrected chi connectivity index (χ0v) is 9.42. The van der Waals surface area contributed by atoms with E-state index in [0.717, 1.165) is 10.8 Å². The number of nitrogens with zero attached hydrogens (tertiary/aromatic N) is 1. The topological polar surface area (TPSA) is 99.7 Å². The molecule has 0 unspecified atom stereocenters. The maximum Gasteiger partial charge on any atom is 0.349 e. The minimum Gasteiger partial charge on any atom is -0.507 e. The number of hydrogen-bond acceptors (Lipinski definition) is 4. The highest BCUT2D eigenvalue weighted by Crippen LogP contribution is 2.25. The molecule has 2 aromatic rings. The summed E-state index contributed by atoms with van der Waals surface area (Å²) in [5.41, 5.74) is 4.57. The van der Waals surface area contributed by atoms with Crippen molar-refractivity contribution >= 4 is 23.0 Å². The molecule has 2 rings (SSSR count). The van der Waals surface area contributed by atoms with Gasteiger partial charge in [-0.1, -0.05) is 30.3 Å². The molecular formula is C12H12N4O2. The van der Waals surface area contributed by atoms with Crippen LogP contribution in [0.15, 0.2) is 41.5 Å². The van der Waals surface area contributed by atoms with Gasteiger partial charge in [-0.3, -0.25) is 5.43 Å². The fourth-order valence-corrected chi connectivity index (χ4v) is 1.61. The van der Waals surface area contributed by atoms with Gasteiger partial charge in [0.1, 0.15) is 5.75 Å². The van der Waals surface area contributed by atoms with Crippen molar-refractivity contribution in [3.8, 4) is 5.75 Å². The lowest BCUT2D eigenvalue weighted by molar-refractivity contribution is 0.241. The van der Waals surface area contributed by atoms with Crippen LogP contribution in [-0.2, 0) is 0 Å². The number of hydrogen-bond donors (Lipinski definition) is 4. The molecule has 6 nitrogen and oxygen atoms in total. The van der Waals surface area contributed by atoms with Gasteiger partial charge in [0.15, 0.2) is 0 Å². The van der Waals surface area contributed by atoms with Crippen LogP contribution in [0.4, 0.5) is 4.79 Å². The molecule has 92 valence electrons. The Kier molecular flexibility index (Phi) is 3.40. The van der Waals surface area contributed by atoms with Crippen LogP contribution in [-0.4, -0.2) is 17.4 Å². The summed E-state index contributed by atoms with van der Waals surface area (Å²) in [6, 6.07) is 10.3. The van der Waals surface area contributed by atoms with Gasteiger partial charge in [-0.2, -0.15) is 5.10 Å². The zero-order valence-electron chi connectivity index (χ0n) is 9.42. The molecule has 0 radical (unpaired) electrons. The van der Waals surface area contributed by atoms with Crippen LogP contribution in [0, 0.1) is 0 Å². The van der Waals surface area contributed by atoms with Crippen LogP contribution in [0.25, 0.3) is 10.8 Å². The molecule has 0 spiro atoms. The number of urea groups is 1. The molecule has 0 atom stereocenters. The van der Waals surface area contributed by atoms with Gasteiger partial charge in [-0.15, -0.1) is 0 Å². The molecule has 0 aliphatic carbocycles. The van der Waals surface area contributed by atoms with Gasteiger partial charge in [-0.05, 0) is 16.8 Å². The number of rotatable bonds is 2. The number of nitrogens with one attached hydrogen (secondary N) is 2. The molecule has 2 aromatic carbocycles. The van der Waals surface area contributed by atoms with Gasteiger partial charge < -0.3 is 5.11 Å². The Morgan fingerprint density at radius 3 is 2.83 bits per heavy atom. The van der Waals surface area contributed by atoms with E-state index in [1.807, 2.05) is 35.8 Å². The first-order valence-corrected chi connectivity index (χ1v) is 5.22. The number of nitrogens with two attached hydrogens (primary N) is 1. The largest absolute Gasteiger partial charge is 0.507 e. The summed E-state index contributed by atoms with van der Waals surface area (Å²) < 4.78 is 0. The molecule has 0 fully saturated rings. The van der Waals surface area contributed by atoms with E-state index in [1.165, 1.54) is 6.21 Å². The van der Waals surface area contributed by atoms with Crippen molar-refractivity contribution in [2.45, 2.75) is 0 Å². The number of aromatic hydroxyl groups is 1. The number of hydrazine groups is 1. The molecule has 0 saturated heterocycles. The van der Waals surface area contributed by atoms with Crippen molar-refractivity contribution in [3.63, 3.8) is 0 Å². The molecular weight excluding hydrogens is 232 g/mol. The Hall–Kier alpha value is -2.60. The fourth-order valence-electron chi connectivity index (χ4n) is 1.61. The van der Waals surface area contributed by atoms with E-state index in [0.29, 0.717) is 5.56 Å². The number of carbonyl (C=O) groups excluding carboxylic acids is 1. The molecule has 5 N–H and O–H groups in total. The quantitative estimate of drug-likeness (QED) is 0.275. The number of amides is 2. The Labute approximate surface area is 103 Å². The van der Waals surface area contributed by atoms with Crippen LogP contribution >= 0.6 is 0 Å². The molecule has 0 aliphatic heterocycles. The highest BCUT2D eigenvalue weighted by molar-refractivity contribution is 6.02. The Balaban J connectivity index is 2.37. The molecule has 6 heteroatoms. The Morgan fingerprint density at radius 1 is 1.28 bits per heavy atom. The standard InChI is InChI=1S/C12H12N4O2/c13-15-12(18)16-14-7-10-9-4-2-1-3-8(9)5-6-11(10)17/h1-7,17H,13H2,(H2,15,16,18). The summed E-state index contributed by atoms with van der Waals surface area (Å²) >= 11 is 0. The minimum absolute atomic E-state index is 0.0902. The first kappa shape index (κ1) is 11.9. The molecule has 0 aromatic heterocycles. The van der Waals surface area contributed by atoms with Crippen molar-refractivity contribution in [1.82, 2.24) is 10.9 Å². The average Bonchev–Trinajstić information content (AvgIpc) is 2.41. The summed E-state index contributed by atoms with van der Waals surface area (Å²) in [6.07, 6.45) is 1.37. The Bertz CT molecular complexity index is 610. The highest BCUT2D eigenvalue weighted by atomic mass is 16.3. The van der Waals surface area contributed by atoms with E-state index in [4.69, 9.17) is 5.84 Å². The molecule has 0 heterocycles. The lowest BCUT2D eigenvalue weighted by Crippen LogP contribution is -2.37. The van der Waals surface area contributed by atoms with E-state index < -0.39 is 6.03 Å². The van der Waals surface area contributed by atoms with Crippen molar-refractivity contribution < 1.29 is 9.90 Å². The minimum atomic E-state index is -0.633. The zero-order chi connectivity index (χ0) is 13.0. The van der Waals surface area contributed by atoms with Gasteiger partial charge in [0.2, 0.25) is 0 Å². The van der Waals surface area contributed by atoms with E-state index in [2.05, 4.69) is 10.5 Å². The molecule has 0 bridgehead atoms. The second-order valence-corrected chi connectivity index (χ2v) is 3.56. The van der Waals surface area contributed by atoms with Gasteiger partial charge in [0, 0.05) is 5.56 Å². The normalized spacial score (nSPS) is 10.7. The second kappa shape index (κ2) is 5.15. The number of fused-ring (bicyclic) bond motifs is 1. The van der Waals surface area contributed by atoms with Gasteiger partial charge in [0.05, 0.1) is 6.21 Å². The van der Waals surface area contributed by atoms with Crippen molar-refractivity contribution in [1.29, 1.82) is 0 Å². The predicted molar refractivity (Wildman–Crippen MR) is 69.1 cm³/mol. The molecule has 2 amide bonds. The van der Waals surface area contributed by atoms with E-state index in [-0.39, 0.29) is 5.75 Å². The molecule has 0 aliphatic rings. The third-order valence-corrected chi connectivity index (χ3v) is 2.44. The maximum atomic E-state index is 10.8. The SMILES string of the molecule is NNC(=O)NN=Cc1c(O)ccc2ccccc12. The fraction of sp³-hybridized carbons (Fsp3) is 0. The summed E-state index contributed by atoms with van der Waals surface area (Å²) in [7, 11) is 0. The molecule has 0 saturated carbocycles. The van der Waals surface area contributed by atoms with Gasteiger partial charge >= 0.3 is 6.03 Å². The lowest BCUT2D eigenvalue weighted by atomic mass is 10.0. The third kappa shape index (κ3) is 2.38. The smallest absolute Gasteiger partial charge is 0.349 e. The van der Waals surface area contributed by atoms with Crippen molar-refractivity contribution in [3.05, 3.63) is 42.0 Å². The van der Waals surface area contributed by atoms with Crippen LogP contribution < -0.4 is 16.7 Å². The average molecular weight is 244 g/mol. The van der Waals surface area contributed by atoms with Crippen molar-refractivity contribution in [2.75, 3.05) is 0 Å². The van der Waals surface area contributed by atoms with Crippen LogP contribution in [0.1, 0.15) is 5.56 Å². The monoisotopic (exact) mass is 244 g/mol. The number of phenols is 1. The molecule has 18 heavy (non-hydrogen) atoms. The number of hydrazone groups is 1. The number of benzene rings is 2. The number of phenolic OH excluding ortho intramolecular Hbond substituents is 1. The van der Waals surface area contributed by atoms with Crippen molar-refractivity contribution in [2.24, 2.45) is 10.9 Å². The van der Waals surface area contributed by atoms with E-state index in [9.17, 15) is 9.90 Å². The van der Waals surface area contributed by atoms with Gasteiger partial charge in [-0.25, -0.2) is 16.1 Å². The first-order chi connectivity index (χ1) is 8.72. The lowest BCUT2D eigenvalue weighted by Gasteiger charge is -2.04. The van der Waals surface area contributed by atoms with Crippen LogP contribution in [0.3, 0.4) is 0 Å². The summed E-state index contributed by atoms with van der Waals surface area (Å²) in [5, 5.41) is 15.3. The summed E-state index contributed by atoms with van der Waals surface area (Å²) in [6.45, 7) is 0. The summed E-state index contributed by atoms with van der Waals surface area (Å²) in [4.78, 5) is 10.8. The maximum absolute atomic E-state index is 10.8. The predicted octanol–water partition coefficient (Wildman–Crippen LogP) is 1.05. The Morgan fingerprint density at radius 2 is 2.06 bits per heavy atom. The van der Waals surface area contributed by atoms with E-state index in [1.54, 1.807) is 6.07 Å². The van der Waals surface area contributed by atoms with Crippen LogP contribution in [0.5, 0.6) is 5.75 Å². The van der Waals surface area contributed by atoms with Crippen LogP contribution in [0.2, 0.25) is 0 Å². The highest BCUT2D eigenvalue weighted by Gasteiger charge is 2.04. The second-order valence-electron chi connectivity index (χ2n) is 3.56. The first-order valence-electron chi connectivity index (χ1n) is 5.22. The van der Waals surface area contributed by atoms with Gasteiger partial charge in [0.25, 0.3) is 0 Å². The third-order valence-electron chi connectivity index (χ3n) is 2.44. The number of carbonyl (C=O) groups is 1. The van der Waals surface area contributed by atoms with E-state index >= 15 is 0 Å². The summed E-state index contributed by atoms with van der Waals surface area (Å²) in [5.74, 6) is 4.98.